The number of benzene rings is 2. The molecule has 2 aromatic carbocycles. The SMILES string of the molecule is CCOc1ccc2oc(C(=O)N/N=C/c3cccc(OCC)c3O)cc2c1. The van der Waals surface area contributed by atoms with E-state index in [1.54, 1.807) is 42.5 Å². The van der Waals surface area contributed by atoms with Crippen molar-refractivity contribution in [2.75, 3.05) is 13.2 Å². The van der Waals surface area contributed by atoms with Gasteiger partial charge < -0.3 is 19.0 Å². The van der Waals surface area contributed by atoms with Crippen LogP contribution in [0.4, 0.5) is 0 Å². The predicted octanol–water partition coefficient (Wildman–Crippen LogP) is 3.70. The van der Waals surface area contributed by atoms with E-state index >= 15 is 0 Å². The summed E-state index contributed by atoms with van der Waals surface area (Å²) < 4.78 is 16.3. The van der Waals surface area contributed by atoms with E-state index in [-0.39, 0.29) is 11.5 Å². The van der Waals surface area contributed by atoms with Crippen molar-refractivity contribution in [3.05, 3.63) is 53.8 Å². The number of nitrogens with zero attached hydrogens (tertiary/aromatic N) is 1. The number of fused-ring (bicyclic) bond motifs is 1. The van der Waals surface area contributed by atoms with E-state index < -0.39 is 5.91 Å². The van der Waals surface area contributed by atoms with Crippen molar-refractivity contribution in [3.63, 3.8) is 0 Å². The van der Waals surface area contributed by atoms with Gasteiger partial charge in [-0.25, -0.2) is 5.43 Å². The molecule has 1 heterocycles. The highest BCUT2D eigenvalue weighted by Crippen LogP contribution is 2.28. The number of hydrogen-bond acceptors (Lipinski definition) is 6. The number of ether oxygens (including phenoxy) is 2. The summed E-state index contributed by atoms with van der Waals surface area (Å²) in [6, 6.07) is 12.0. The molecule has 27 heavy (non-hydrogen) atoms. The van der Waals surface area contributed by atoms with Crippen molar-refractivity contribution in [1.29, 1.82) is 0 Å². The number of aromatic hydroxyl groups is 1. The fourth-order valence-electron chi connectivity index (χ4n) is 2.52. The van der Waals surface area contributed by atoms with Crippen molar-refractivity contribution in [2.24, 2.45) is 5.10 Å². The number of furan rings is 1. The van der Waals surface area contributed by atoms with E-state index in [1.165, 1.54) is 6.21 Å². The lowest BCUT2D eigenvalue weighted by molar-refractivity contribution is 0.0929. The molecule has 1 amide bonds. The minimum Gasteiger partial charge on any atom is -0.504 e. The van der Waals surface area contributed by atoms with Gasteiger partial charge in [-0.2, -0.15) is 5.10 Å². The maximum Gasteiger partial charge on any atom is 0.307 e. The summed E-state index contributed by atoms with van der Waals surface area (Å²) in [5, 5.41) is 14.7. The Morgan fingerprint density at radius 1 is 1.19 bits per heavy atom. The molecule has 7 heteroatoms. The first kappa shape index (κ1) is 18.3. The van der Waals surface area contributed by atoms with Crippen LogP contribution in [-0.4, -0.2) is 30.4 Å². The number of phenolic OH excluding ortho intramolecular Hbond substituents is 1. The Morgan fingerprint density at radius 2 is 2.00 bits per heavy atom. The number of amides is 1. The number of hydrazone groups is 1. The van der Waals surface area contributed by atoms with Gasteiger partial charge in [0.25, 0.3) is 0 Å². The number of phenols is 1. The number of para-hydroxylation sites is 1. The maximum atomic E-state index is 12.2. The molecule has 0 aliphatic heterocycles. The Morgan fingerprint density at radius 3 is 2.78 bits per heavy atom. The van der Waals surface area contributed by atoms with Crippen molar-refractivity contribution in [1.82, 2.24) is 5.43 Å². The number of nitrogens with one attached hydrogen (secondary N) is 1. The van der Waals surface area contributed by atoms with Crippen LogP contribution in [0.25, 0.3) is 11.0 Å². The quantitative estimate of drug-likeness (QED) is 0.490. The molecule has 0 saturated carbocycles. The number of carbonyl (C=O) groups is 1. The first-order valence-corrected chi connectivity index (χ1v) is 8.57. The highest BCUT2D eigenvalue weighted by Gasteiger charge is 2.12. The average Bonchev–Trinajstić information content (AvgIpc) is 3.08. The molecule has 0 bridgehead atoms. The summed E-state index contributed by atoms with van der Waals surface area (Å²) in [5.41, 5.74) is 3.38. The van der Waals surface area contributed by atoms with E-state index in [0.717, 1.165) is 5.39 Å². The van der Waals surface area contributed by atoms with Crippen molar-refractivity contribution in [2.45, 2.75) is 13.8 Å². The molecule has 0 aliphatic rings. The fraction of sp³-hybridized carbons (Fsp3) is 0.200. The van der Waals surface area contributed by atoms with Gasteiger partial charge in [0, 0.05) is 10.9 Å². The van der Waals surface area contributed by atoms with Crippen LogP contribution in [0.3, 0.4) is 0 Å². The van der Waals surface area contributed by atoms with Gasteiger partial charge in [0.05, 0.1) is 19.4 Å². The van der Waals surface area contributed by atoms with Gasteiger partial charge in [0.1, 0.15) is 11.3 Å². The van der Waals surface area contributed by atoms with Gasteiger partial charge in [0.15, 0.2) is 17.3 Å². The Labute approximate surface area is 156 Å². The monoisotopic (exact) mass is 368 g/mol. The van der Waals surface area contributed by atoms with Gasteiger partial charge in [-0.15, -0.1) is 0 Å². The molecule has 3 aromatic rings. The van der Waals surface area contributed by atoms with Crippen LogP contribution in [0, 0.1) is 0 Å². The first-order valence-electron chi connectivity index (χ1n) is 8.57. The lowest BCUT2D eigenvalue weighted by atomic mass is 10.2. The number of rotatable bonds is 7. The third kappa shape index (κ3) is 4.20. The zero-order chi connectivity index (χ0) is 19.2. The molecular formula is C20H20N2O5. The molecule has 0 unspecified atom stereocenters. The second kappa shape index (κ2) is 8.27. The Kier molecular flexibility index (Phi) is 5.61. The van der Waals surface area contributed by atoms with Crippen molar-refractivity contribution in [3.8, 4) is 17.2 Å². The van der Waals surface area contributed by atoms with Crippen molar-refractivity contribution >= 4 is 23.1 Å². The van der Waals surface area contributed by atoms with E-state index in [0.29, 0.717) is 35.9 Å². The smallest absolute Gasteiger partial charge is 0.307 e. The lowest BCUT2D eigenvalue weighted by Gasteiger charge is -2.06. The summed E-state index contributed by atoms with van der Waals surface area (Å²) in [5.74, 6) is 0.657. The minimum absolute atomic E-state index is 0.0375. The summed E-state index contributed by atoms with van der Waals surface area (Å²) in [6.45, 7) is 4.72. The molecule has 0 fully saturated rings. The van der Waals surface area contributed by atoms with Gasteiger partial charge in [-0.3, -0.25) is 4.79 Å². The molecule has 2 N–H and O–H groups in total. The van der Waals surface area contributed by atoms with Crippen molar-refractivity contribution < 1.29 is 23.8 Å². The summed E-state index contributed by atoms with van der Waals surface area (Å²) >= 11 is 0. The zero-order valence-corrected chi connectivity index (χ0v) is 15.1. The van der Waals surface area contributed by atoms with Crippen LogP contribution < -0.4 is 14.9 Å². The first-order chi connectivity index (χ1) is 13.1. The normalized spacial score (nSPS) is 11.0. The van der Waals surface area contributed by atoms with Crippen LogP contribution in [0.5, 0.6) is 17.2 Å². The topological polar surface area (TPSA) is 93.3 Å². The molecule has 7 nitrogen and oxygen atoms in total. The number of carbonyl (C=O) groups excluding carboxylic acids is 1. The Bertz CT molecular complexity index is 978. The summed E-state index contributed by atoms with van der Waals surface area (Å²) in [4.78, 5) is 12.2. The minimum atomic E-state index is -0.499. The molecule has 0 saturated heterocycles. The van der Waals surface area contributed by atoms with Crippen LogP contribution in [0.1, 0.15) is 30.0 Å². The van der Waals surface area contributed by atoms with E-state index in [1.807, 2.05) is 13.8 Å². The molecule has 0 atom stereocenters. The highest BCUT2D eigenvalue weighted by atomic mass is 16.5. The highest BCUT2D eigenvalue weighted by molar-refractivity contribution is 5.97. The molecular weight excluding hydrogens is 348 g/mol. The lowest BCUT2D eigenvalue weighted by Crippen LogP contribution is -2.16. The average molecular weight is 368 g/mol. The number of hydrogen-bond donors (Lipinski definition) is 2. The van der Waals surface area contributed by atoms with Gasteiger partial charge in [0.2, 0.25) is 0 Å². The summed E-state index contributed by atoms with van der Waals surface area (Å²) in [7, 11) is 0. The van der Waals surface area contributed by atoms with Gasteiger partial charge in [-0.1, -0.05) is 6.07 Å². The molecule has 0 aliphatic carbocycles. The summed E-state index contributed by atoms with van der Waals surface area (Å²) in [6.07, 6.45) is 1.34. The molecule has 0 spiro atoms. The fourth-order valence-corrected chi connectivity index (χ4v) is 2.52. The third-order valence-electron chi connectivity index (χ3n) is 3.72. The van der Waals surface area contributed by atoms with Gasteiger partial charge in [-0.05, 0) is 50.2 Å². The molecule has 3 rings (SSSR count). The second-order valence-electron chi connectivity index (χ2n) is 5.57. The van der Waals surface area contributed by atoms with E-state index in [9.17, 15) is 9.90 Å². The second-order valence-corrected chi connectivity index (χ2v) is 5.57. The molecule has 1 aromatic heterocycles. The van der Waals surface area contributed by atoms with Crippen LogP contribution in [-0.2, 0) is 0 Å². The van der Waals surface area contributed by atoms with Crippen LogP contribution in [0.15, 0.2) is 52.0 Å². The standard InChI is InChI=1S/C20H20N2O5/c1-3-25-15-8-9-16-14(10-15)11-18(27-16)20(24)22-21-12-13-6-5-7-17(19(13)23)26-4-2/h5-12,23H,3-4H2,1-2H3,(H,22,24)/b21-12+. The Balaban J connectivity index is 1.71. The van der Waals surface area contributed by atoms with Crippen LogP contribution in [0.2, 0.25) is 0 Å². The van der Waals surface area contributed by atoms with Crippen LogP contribution >= 0.6 is 0 Å². The maximum absolute atomic E-state index is 12.2. The largest absolute Gasteiger partial charge is 0.504 e. The molecule has 0 radical (unpaired) electrons. The van der Waals surface area contributed by atoms with E-state index in [2.05, 4.69) is 10.5 Å². The predicted molar refractivity (Wildman–Crippen MR) is 102 cm³/mol. The Hall–Kier alpha value is -3.48. The zero-order valence-electron chi connectivity index (χ0n) is 15.1. The third-order valence-corrected chi connectivity index (χ3v) is 3.72. The molecule has 140 valence electrons. The van der Waals surface area contributed by atoms with Gasteiger partial charge >= 0.3 is 5.91 Å². The van der Waals surface area contributed by atoms with E-state index in [4.69, 9.17) is 13.9 Å².